The molecule has 1 aromatic carbocycles. The van der Waals surface area contributed by atoms with Gasteiger partial charge in [0.1, 0.15) is 12.1 Å². The Labute approximate surface area is 320 Å². The molecule has 0 unspecified atom stereocenters. The summed E-state index contributed by atoms with van der Waals surface area (Å²) in [5, 5.41) is 12.1. The Bertz CT molecular complexity index is 1420. The van der Waals surface area contributed by atoms with E-state index in [0.29, 0.717) is 25.8 Å². The third kappa shape index (κ3) is 12.4. The molecule has 54 heavy (non-hydrogen) atoms. The van der Waals surface area contributed by atoms with Crippen molar-refractivity contribution in [1.29, 1.82) is 0 Å². The smallest absolute Gasteiger partial charge is 0.328 e. The topological polar surface area (TPSA) is 204 Å². The van der Waals surface area contributed by atoms with E-state index in [9.17, 15) is 24.0 Å². The molecule has 16 nitrogen and oxygen atoms in total. The molecule has 1 saturated heterocycles. The van der Waals surface area contributed by atoms with Gasteiger partial charge in [-0.3, -0.25) is 19.2 Å². The second-order valence-corrected chi connectivity index (χ2v) is 14.3. The summed E-state index contributed by atoms with van der Waals surface area (Å²) in [6.07, 6.45) is 0.707. The number of likely N-dealkylation sites (tertiary alicyclic amines) is 1. The molecular formula is C38H62N8O8. The van der Waals surface area contributed by atoms with E-state index in [1.807, 2.05) is 58.0 Å². The Morgan fingerprint density at radius 3 is 2.19 bits per heavy atom. The van der Waals surface area contributed by atoms with Gasteiger partial charge >= 0.3 is 5.97 Å². The van der Waals surface area contributed by atoms with Gasteiger partial charge in [0, 0.05) is 39.1 Å². The number of benzene rings is 1. The summed E-state index contributed by atoms with van der Waals surface area (Å²) in [6.45, 7) is 9.54. The van der Waals surface area contributed by atoms with Crippen LogP contribution in [0.4, 0.5) is 0 Å². The lowest BCUT2D eigenvalue weighted by atomic mass is 9.90. The van der Waals surface area contributed by atoms with Crippen LogP contribution in [0.25, 0.3) is 10.4 Å². The first-order valence-corrected chi connectivity index (χ1v) is 18.7. The second kappa shape index (κ2) is 22.9. The Morgan fingerprint density at radius 2 is 1.65 bits per heavy atom. The van der Waals surface area contributed by atoms with E-state index in [0.717, 1.165) is 5.56 Å². The molecule has 0 saturated carbocycles. The maximum absolute atomic E-state index is 14.2. The Balaban J connectivity index is 2.29. The molecule has 4 amide bonds. The van der Waals surface area contributed by atoms with Crippen LogP contribution >= 0.6 is 0 Å². The van der Waals surface area contributed by atoms with Crippen LogP contribution in [0.3, 0.4) is 0 Å². The first-order valence-electron chi connectivity index (χ1n) is 18.7. The number of nitrogens with zero attached hydrogens (tertiary/aromatic N) is 5. The number of hydrogen-bond acceptors (Lipinski definition) is 10. The fraction of sp³-hybridized carbons (Fsp3) is 0.711. The van der Waals surface area contributed by atoms with Crippen LogP contribution in [-0.4, -0.2) is 130 Å². The number of ether oxygens (including phenoxy) is 3. The number of hydrogen-bond donors (Lipinski definition) is 3. The Morgan fingerprint density at radius 1 is 1.00 bits per heavy atom. The van der Waals surface area contributed by atoms with E-state index in [-0.39, 0.29) is 37.1 Å². The average Bonchev–Trinajstić information content (AvgIpc) is 3.65. The number of nitrogens with one attached hydrogen (secondary N) is 3. The molecule has 16 heteroatoms. The highest BCUT2D eigenvalue weighted by Crippen LogP contribution is 2.29. The van der Waals surface area contributed by atoms with Crippen LogP contribution in [0.2, 0.25) is 0 Å². The largest absolute Gasteiger partial charge is 0.467 e. The van der Waals surface area contributed by atoms with Crippen LogP contribution < -0.4 is 16.0 Å². The van der Waals surface area contributed by atoms with Crippen molar-refractivity contribution in [2.45, 2.75) is 109 Å². The summed E-state index contributed by atoms with van der Waals surface area (Å²) in [7, 11) is 7.52. The van der Waals surface area contributed by atoms with Crippen molar-refractivity contribution >= 4 is 29.6 Å². The van der Waals surface area contributed by atoms with Gasteiger partial charge in [-0.1, -0.05) is 76.5 Å². The van der Waals surface area contributed by atoms with Crippen LogP contribution in [-0.2, 0) is 44.6 Å². The van der Waals surface area contributed by atoms with E-state index < -0.39 is 72.0 Å². The maximum atomic E-state index is 14.2. The van der Waals surface area contributed by atoms with E-state index in [1.54, 1.807) is 25.9 Å². The van der Waals surface area contributed by atoms with Gasteiger partial charge in [-0.25, -0.2) is 4.79 Å². The molecular weight excluding hydrogens is 696 g/mol. The molecule has 0 aromatic heterocycles. The van der Waals surface area contributed by atoms with Gasteiger partial charge in [0.25, 0.3) is 0 Å². The molecule has 0 radical (unpaired) electrons. The Kier molecular flexibility index (Phi) is 19.4. The summed E-state index contributed by atoms with van der Waals surface area (Å²) in [4.78, 5) is 73.6. The molecule has 1 aliphatic heterocycles. The van der Waals surface area contributed by atoms with Crippen LogP contribution in [0, 0.1) is 17.8 Å². The standard InChI is InChI=1S/C38H62N8O8/c1-11-24(4)33(45(7)37(50)28(22-41-44-39)43-36(49)32(40-6)23(2)3)30(52-8)21-31(47)46-19-15-18-29(46)34(53-9)25(5)35(48)42-27(38(51)54-10)20-26-16-13-12-14-17-26/h12-14,16-17,23-25,27-30,32-34,40H,11,15,18-22H2,1-10H3,(H,42,48)(H,43,49)/t24-,25+,27-,28-,29-,30+,32-,33-,34+/m0/s1. The molecule has 1 aliphatic rings. The lowest BCUT2D eigenvalue weighted by Gasteiger charge is -2.40. The number of azide groups is 1. The highest BCUT2D eigenvalue weighted by Gasteiger charge is 2.43. The fourth-order valence-corrected chi connectivity index (χ4v) is 7.37. The number of methoxy groups -OCH3 is 3. The minimum Gasteiger partial charge on any atom is -0.467 e. The fourth-order valence-electron chi connectivity index (χ4n) is 7.37. The summed E-state index contributed by atoms with van der Waals surface area (Å²) in [5.41, 5.74) is 9.90. The van der Waals surface area contributed by atoms with E-state index >= 15 is 0 Å². The maximum Gasteiger partial charge on any atom is 0.328 e. The molecule has 1 aromatic rings. The number of carbonyl (C=O) groups is 5. The van der Waals surface area contributed by atoms with Crippen molar-refractivity contribution in [2.24, 2.45) is 22.9 Å². The van der Waals surface area contributed by atoms with Crippen LogP contribution in [0.15, 0.2) is 35.4 Å². The molecule has 1 fully saturated rings. The first kappa shape index (κ1) is 45.9. The molecule has 0 aliphatic carbocycles. The summed E-state index contributed by atoms with van der Waals surface area (Å²) in [6, 6.07) is 5.66. The van der Waals surface area contributed by atoms with Crippen molar-refractivity contribution in [3.05, 3.63) is 46.3 Å². The molecule has 3 N–H and O–H groups in total. The van der Waals surface area contributed by atoms with Crippen molar-refractivity contribution in [3.8, 4) is 0 Å². The quantitative estimate of drug-likeness (QED) is 0.0688. The lowest BCUT2D eigenvalue weighted by Crippen LogP contribution is -2.59. The van der Waals surface area contributed by atoms with Crippen molar-refractivity contribution in [2.75, 3.05) is 48.5 Å². The molecule has 2 rings (SSSR count). The van der Waals surface area contributed by atoms with Gasteiger partial charge < -0.3 is 40.0 Å². The summed E-state index contributed by atoms with van der Waals surface area (Å²) in [5.74, 6) is -3.01. The van der Waals surface area contributed by atoms with E-state index in [4.69, 9.17) is 19.7 Å². The van der Waals surface area contributed by atoms with Gasteiger partial charge in [-0.2, -0.15) is 0 Å². The monoisotopic (exact) mass is 758 g/mol. The van der Waals surface area contributed by atoms with E-state index in [1.165, 1.54) is 26.2 Å². The highest BCUT2D eigenvalue weighted by molar-refractivity contribution is 5.90. The summed E-state index contributed by atoms with van der Waals surface area (Å²) >= 11 is 0. The van der Waals surface area contributed by atoms with Crippen molar-refractivity contribution < 1.29 is 38.2 Å². The summed E-state index contributed by atoms with van der Waals surface area (Å²) < 4.78 is 16.8. The molecule has 1 heterocycles. The predicted octanol–water partition coefficient (Wildman–Crippen LogP) is 2.85. The third-order valence-electron chi connectivity index (χ3n) is 10.5. The number of likely N-dealkylation sites (N-methyl/N-ethyl adjacent to an activating group) is 2. The number of carbonyl (C=O) groups excluding carboxylic acids is 5. The van der Waals surface area contributed by atoms with Gasteiger partial charge in [-0.15, -0.1) is 0 Å². The molecule has 0 spiro atoms. The zero-order valence-corrected chi connectivity index (χ0v) is 33.6. The Hall–Kier alpha value is -4.24. The number of rotatable bonds is 22. The zero-order valence-electron chi connectivity index (χ0n) is 33.6. The van der Waals surface area contributed by atoms with Crippen molar-refractivity contribution in [1.82, 2.24) is 25.8 Å². The SMILES string of the molecule is CC[C@H](C)[C@@H]([C@@H](CC(=O)N1CCC[C@H]1[C@H](OC)[C@@H](C)C(=O)N[C@@H](Cc1ccccc1)C(=O)OC)OC)N(C)C(=O)[C@H](CN=[N+]=[N-])NC(=O)[C@@H](NC)C(C)C. The van der Waals surface area contributed by atoms with Gasteiger partial charge in [-0.05, 0) is 42.8 Å². The van der Waals surface area contributed by atoms with Crippen LogP contribution in [0.5, 0.6) is 0 Å². The zero-order chi connectivity index (χ0) is 40.5. The normalized spacial score (nSPS) is 18.6. The number of amides is 4. The molecule has 0 bridgehead atoms. The molecule has 302 valence electrons. The minimum atomic E-state index is -1.14. The first-order chi connectivity index (χ1) is 25.7. The lowest BCUT2D eigenvalue weighted by molar-refractivity contribution is -0.148. The van der Waals surface area contributed by atoms with E-state index in [2.05, 4.69) is 26.0 Å². The van der Waals surface area contributed by atoms with Gasteiger partial charge in [0.05, 0.1) is 56.3 Å². The highest BCUT2D eigenvalue weighted by atomic mass is 16.5. The second-order valence-electron chi connectivity index (χ2n) is 14.3. The molecule has 9 atom stereocenters. The number of esters is 1. The predicted molar refractivity (Wildman–Crippen MR) is 204 cm³/mol. The third-order valence-corrected chi connectivity index (χ3v) is 10.5. The van der Waals surface area contributed by atoms with Gasteiger partial charge in [0.2, 0.25) is 23.6 Å². The minimum absolute atomic E-state index is 0.0688. The average molecular weight is 759 g/mol. The van der Waals surface area contributed by atoms with Crippen molar-refractivity contribution in [3.63, 3.8) is 0 Å². The van der Waals surface area contributed by atoms with Crippen LogP contribution in [0.1, 0.15) is 65.9 Å². The van der Waals surface area contributed by atoms with Gasteiger partial charge in [0.15, 0.2) is 0 Å².